The van der Waals surface area contributed by atoms with E-state index in [1.165, 1.54) is 12.1 Å². The molecule has 1 aromatic heterocycles. The molecule has 3 fully saturated rings. The van der Waals surface area contributed by atoms with Crippen molar-refractivity contribution in [1.82, 2.24) is 24.7 Å². The van der Waals surface area contributed by atoms with Gasteiger partial charge in [-0.2, -0.15) is 13.2 Å². The minimum absolute atomic E-state index is 0.0271. The number of hydrogen-bond acceptors (Lipinski definition) is 7. The minimum Gasteiger partial charge on any atom is -0.381 e. The molecule has 4 aliphatic rings. The Balaban J connectivity index is 1.33. The van der Waals surface area contributed by atoms with Crippen molar-refractivity contribution in [2.75, 3.05) is 51.8 Å². The monoisotopic (exact) mass is 618 g/mol. The highest BCUT2D eigenvalue weighted by molar-refractivity contribution is 5.91. The van der Waals surface area contributed by atoms with Gasteiger partial charge in [-0.15, -0.1) is 0 Å². The van der Waals surface area contributed by atoms with Gasteiger partial charge in [0.2, 0.25) is 11.8 Å². The molecule has 5 heterocycles. The molecule has 44 heavy (non-hydrogen) atoms. The SMILES string of the molecule is Cc1nc(N[C@H](C)c2cccc(C(F)(F)F)c2F)c2c(n1)C1(CCN(C)C1)C(=O)N([C@@H]1CCN(C(=O)C3CCOCC3)C1)C2. The Hall–Kier alpha value is -3.32. The number of halogens is 4. The number of ether oxygens (including phenoxy) is 1. The summed E-state index contributed by atoms with van der Waals surface area (Å²) in [4.78, 5) is 42.9. The van der Waals surface area contributed by atoms with Crippen LogP contribution in [0.5, 0.6) is 0 Å². The van der Waals surface area contributed by atoms with Gasteiger partial charge in [-0.1, -0.05) is 12.1 Å². The number of fused-ring (bicyclic) bond motifs is 2. The summed E-state index contributed by atoms with van der Waals surface area (Å²) in [6.07, 6.45) is -2.24. The second-order valence-corrected chi connectivity index (χ2v) is 12.6. The van der Waals surface area contributed by atoms with Gasteiger partial charge in [0.25, 0.3) is 0 Å². The largest absolute Gasteiger partial charge is 0.419 e. The molecular formula is C31H38F4N6O3. The molecule has 0 bridgehead atoms. The van der Waals surface area contributed by atoms with Crippen molar-refractivity contribution < 1.29 is 31.9 Å². The van der Waals surface area contributed by atoms with E-state index < -0.39 is 29.0 Å². The number of aryl methyl sites for hydroxylation is 1. The maximum absolute atomic E-state index is 15.1. The van der Waals surface area contributed by atoms with E-state index in [4.69, 9.17) is 9.72 Å². The lowest BCUT2D eigenvalue weighted by atomic mass is 9.76. The predicted octanol–water partition coefficient (Wildman–Crippen LogP) is 4.06. The second-order valence-electron chi connectivity index (χ2n) is 12.6. The van der Waals surface area contributed by atoms with Crippen LogP contribution in [0.25, 0.3) is 0 Å². The number of rotatable bonds is 5. The summed E-state index contributed by atoms with van der Waals surface area (Å²) >= 11 is 0. The van der Waals surface area contributed by atoms with Crippen LogP contribution in [0.3, 0.4) is 0 Å². The molecule has 1 aromatic carbocycles. The fourth-order valence-electron chi connectivity index (χ4n) is 7.33. The molecule has 1 unspecified atom stereocenters. The zero-order chi connectivity index (χ0) is 31.4. The van der Waals surface area contributed by atoms with Crippen LogP contribution < -0.4 is 5.32 Å². The van der Waals surface area contributed by atoms with E-state index in [1.54, 1.807) is 13.8 Å². The molecular weight excluding hydrogens is 580 g/mol. The highest BCUT2D eigenvalue weighted by Crippen LogP contribution is 2.44. The van der Waals surface area contributed by atoms with Crippen LogP contribution in [0, 0.1) is 18.7 Å². The fourth-order valence-corrected chi connectivity index (χ4v) is 7.33. The van der Waals surface area contributed by atoms with E-state index >= 15 is 4.39 Å². The molecule has 0 aliphatic carbocycles. The zero-order valence-electron chi connectivity index (χ0n) is 25.2. The number of anilines is 1. The van der Waals surface area contributed by atoms with E-state index in [9.17, 15) is 22.8 Å². The standard InChI is InChI=1S/C31H38F4N6O3/c1-18(22-5-4-6-24(25(22)32)31(33,34)35)36-27-23-16-41(21-7-11-40(15-21)28(42)20-8-13-44-14-9-20)29(43)30(10-12-39(3)17-30)26(23)37-19(2)38-27/h4-6,18,20-21H,7-17H2,1-3H3,(H,36,37,38)/t18-,21-,30?/m1/s1. The molecule has 3 saturated heterocycles. The lowest BCUT2D eigenvalue weighted by molar-refractivity contribution is -0.143. The van der Waals surface area contributed by atoms with Crippen molar-refractivity contribution in [1.29, 1.82) is 0 Å². The average molecular weight is 619 g/mol. The third-order valence-corrected chi connectivity index (χ3v) is 9.67. The quantitative estimate of drug-likeness (QED) is 0.506. The van der Waals surface area contributed by atoms with Crippen molar-refractivity contribution in [3.8, 4) is 0 Å². The maximum atomic E-state index is 15.1. The predicted molar refractivity (Wildman–Crippen MR) is 153 cm³/mol. The van der Waals surface area contributed by atoms with Crippen LogP contribution in [0.15, 0.2) is 18.2 Å². The van der Waals surface area contributed by atoms with Crippen LogP contribution in [-0.4, -0.2) is 89.0 Å². The number of carbonyl (C=O) groups is 2. The molecule has 9 nitrogen and oxygen atoms in total. The Morgan fingerprint density at radius 1 is 1.16 bits per heavy atom. The fraction of sp³-hybridized carbons (Fsp3) is 0.613. The van der Waals surface area contributed by atoms with Gasteiger partial charge in [-0.05, 0) is 59.2 Å². The van der Waals surface area contributed by atoms with Gasteiger partial charge in [0.15, 0.2) is 0 Å². The number of likely N-dealkylation sites (N-methyl/N-ethyl adjacent to an activating group) is 1. The molecule has 1 N–H and O–H groups in total. The summed E-state index contributed by atoms with van der Waals surface area (Å²) in [7, 11) is 1.95. The maximum Gasteiger partial charge on any atom is 0.419 e. The van der Waals surface area contributed by atoms with Crippen molar-refractivity contribution >= 4 is 17.6 Å². The van der Waals surface area contributed by atoms with Crippen LogP contribution in [-0.2, 0) is 32.5 Å². The van der Waals surface area contributed by atoms with Crippen molar-refractivity contribution in [3.05, 3.63) is 52.2 Å². The lowest BCUT2D eigenvalue weighted by Crippen LogP contribution is -2.56. The van der Waals surface area contributed by atoms with Gasteiger partial charge in [0.1, 0.15) is 22.9 Å². The number of aromatic nitrogens is 2. The molecule has 0 radical (unpaired) electrons. The Morgan fingerprint density at radius 2 is 1.91 bits per heavy atom. The van der Waals surface area contributed by atoms with Crippen molar-refractivity contribution in [2.24, 2.45) is 5.92 Å². The second kappa shape index (κ2) is 11.6. The highest BCUT2D eigenvalue weighted by atomic mass is 19.4. The van der Waals surface area contributed by atoms with Gasteiger partial charge in [-0.3, -0.25) is 9.59 Å². The molecule has 3 atom stereocenters. The van der Waals surface area contributed by atoms with E-state index in [-0.39, 0.29) is 35.9 Å². The van der Waals surface area contributed by atoms with Gasteiger partial charge in [0.05, 0.1) is 29.9 Å². The number of benzene rings is 1. The first-order chi connectivity index (χ1) is 20.9. The Labute approximate surface area is 253 Å². The minimum atomic E-state index is -4.83. The van der Waals surface area contributed by atoms with E-state index in [0.717, 1.165) is 6.07 Å². The Morgan fingerprint density at radius 3 is 2.59 bits per heavy atom. The smallest absolute Gasteiger partial charge is 0.381 e. The molecule has 13 heteroatoms. The third kappa shape index (κ3) is 5.42. The van der Waals surface area contributed by atoms with Crippen LogP contribution in [0.2, 0.25) is 0 Å². The zero-order valence-corrected chi connectivity index (χ0v) is 25.2. The number of nitrogens with one attached hydrogen (secondary N) is 1. The van der Waals surface area contributed by atoms with Crippen LogP contribution in [0.4, 0.5) is 23.4 Å². The molecule has 2 aromatic rings. The summed E-state index contributed by atoms with van der Waals surface area (Å²) < 4.78 is 60.9. The number of carbonyl (C=O) groups excluding carboxylic acids is 2. The molecule has 1 spiro atoms. The van der Waals surface area contributed by atoms with E-state index in [0.29, 0.717) is 88.0 Å². The van der Waals surface area contributed by atoms with Crippen LogP contribution >= 0.6 is 0 Å². The molecule has 238 valence electrons. The molecule has 2 amide bonds. The van der Waals surface area contributed by atoms with Crippen molar-refractivity contribution in [2.45, 2.75) is 69.8 Å². The summed E-state index contributed by atoms with van der Waals surface area (Å²) in [6, 6.07) is 2.19. The Bertz CT molecular complexity index is 1450. The van der Waals surface area contributed by atoms with Gasteiger partial charge in [0, 0.05) is 49.9 Å². The summed E-state index contributed by atoms with van der Waals surface area (Å²) in [5.41, 5.74) is -1.09. The average Bonchev–Trinajstić information content (AvgIpc) is 3.63. The van der Waals surface area contributed by atoms with Gasteiger partial charge < -0.3 is 24.8 Å². The number of hydrogen-bond donors (Lipinski definition) is 1. The van der Waals surface area contributed by atoms with Crippen LogP contribution in [0.1, 0.15) is 66.9 Å². The number of amides is 2. The normalized spacial score (nSPS) is 25.5. The topological polar surface area (TPSA) is 90.9 Å². The lowest BCUT2D eigenvalue weighted by Gasteiger charge is -2.43. The van der Waals surface area contributed by atoms with E-state index in [2.05, 4.69) is 15.2 Å². The molecule has 0 saturated carbocycles. The Kier molecular flexibility index (Phi) is 8.06. The summed E-state index contributed by atoms with van der Waals surface area (Å²) in [5, 5.41) is 3.17. The number of alkyl halides is 3. The van der Waals surface area contributed by atoms with Gasteiger partial charge in [-0.25, -0.2) is 14.4 Å². The molecule has 6 rings (SSSR count). The summed E-state index contributed by atoms with van der Waals surface area (Å²) in [5.74, 6) is -0.538. The number of likely N-dealkylation sites (tertiary alicyclic amines) is 2. The molecule has 4 aliphatic heterocycles. The van der Waals surface area contributed by atoms with Gasteiger partial charge >= 0.3 is 6.18 Å². The highest BCUT2D eigenvalue weighted by Gasteiger charge is 2.55. The first-order valence-corrected chi connectivity index (χ1v) is 15.3. The third-order valence-electron chi connectivity index (χ3n) is 9.67. The van der Waals surface area contributed by atoms with E-state index in [1.807, 2.05) is 16.8 Å². The first-order valence-electron chi connectivity index (χ1n) is 15.3. The first kappa shape index (κ1) is 30.7. The number of nitrogens with zero attached hydrogens (tertiary/aromatic N) is 5. The van der Waals surface area contributed by atoms with Crippen molar-refractivity contribution in [3.63, 3.8) is 0 Å². The summed E-state index contributed by atoms with van der Waals surface area (Å²) in [6.45, 7) is 6.77.